The van der Waals surface area contributed by atoms with Crippen LogP contribution < -0.4 is 0 Å². The summed E-state index contributed by atoms with van der Waals surface area (Å²) in [5, 5.41) is 0.188. The Morgan fingerprint density at radius 1 is 0.926 bits per heavy atom. The second-order valence-corrected chi connectivity index (χ2v) is 9.18. The average Bonchev–Trinajstić information content (AvgIpc) is 2.63. The standard InChI is InChI=1S/C19H20Cl2N2O3S/c1-13-5-3-6-15(14(13)2)19(24)22-9-11-23(12-10-22)27(25,26)18-16(20)7-4-8-17(18)21/h3-8H,9-12H2,1-2H3. The van der Waals surface area contributed by atoms with Crippen molar-refractivity contribution >= 4 is 39.1 Å². The van der Waals surface area contributed by atoms with E-state index in [2.05, 4.69) is 0 Å². The lowest BCUT2D eigenvalue weighted by atomic mass is 10.0. The molecule has 0 radical (unpaired) electrons. The molecular formula is C19H20Cl2N2O3S. The quantitative estimate of drug-likeness (QED) is 0.750. The molecule has 144 valence electrons. The van der Waals surface area contributed by atoms with Crippen molar-refractivity contribution in [1.29, 1.82) is 0 Å². The molecule has 0 saturated carbocycles. The number of hydrogen-bond acceptors (Lipinski definition) is 3. The third-order valence-electron chi connectivity index (χ3n) is 4.88. The number of benzene rings is 2. The van der Waals surface area contributed by atoms with Gasteiger partial charge in [-0.15, -0.1) is 0 Å². The highest BCUT2D eigenvalue weighted by atomic mass is 35.5. The van der Waals surface area contributed by atoms with Crippen LogP contribution in [0.1, 0.15) is 21.5 Å². The molecule has 0 spiro atoms. The maximum atomic E-state index is 12.9. The van der Waals surface area contributed by atoms with Crippen molar-refractivity contribution in [2.75, 3.05) is 26.2 Å². The molecule has 1 heterocycles. The molecule has 1 saturated heterocycles. The van der Waals surface area contributed by atoms with Gasteiger partial charge in [-0.3, -0.25) is 4.79 Å². The molecule has 1 fully saturated rings. The fourth-order valence-corrected chi connectivity index (χ4v) is 5.66. The van der Waals surface area contributed by atoms with E-state index in [-0.39, 0.29) is 33.9 Å². The SMILES string of the molecule is Cc1cccc(C(=O)N2CCN(S(=O)(=O)c3c(Cl)cccc3Cl)CC2)c1C. The number of nitrogens with zero attached hydrogens (tertiary/aromatic N) is 2. The fraction of sp³-hybridized carbons (Fsp3) is 0.316. The number of piperazine rings is 1. The molecule has 1 amide bonds. The Hall–Kier alpha value is -1.60. The zero-order chi connectivity index (χ0) is 19.8. The molecule has 0 aliphatic carbocycles. The Morgan fingerprint density at radius 3 is 2.07 bits per heavy atom. The molecule has 3 rings (SSSR count). The Balaban J connectivity index is 1.77. The van der Waals surface area contributed by atoms with E-state index in [0.717, 1.165) is 11.1 Å². The van der Waals surface area contributed by atoms with Crippen LogP contribution in [0.3, 0.4) is 0 Å². The normalized spacial score (nSPS) is 15.8. The number of hydrogen-bond donors (Lipinski definition) is 0. The largest absolute Gasteiger partial charge is 0.336 e. The predicted molar refractivity (Wildman–Crippen MR) is 107 cm³/mol. The van der Waals surface area contributed by atoms with Gasteiger partial charge in [0.15, 0.2) is 0 Å². The zero-order valence-electron chi connectivity index (χ0n) is 15.1. The van der Waals surface area contributed by atoms with Crippen molar-refractivity contribution in [2.24, 2.45) is 0 Å². The Labute approximate surface area is 169 Å². The van der Waals surface area contributed by atoms with Gasteiger partial charge in [0.1, 0.15) is 4.90 Å². The number of rotatable bonds is 3. The van der Waals surface area contributed by atoms with Gasteiger partial charge in [-0.2, -0.15) is 4.31 Å². The molecule has 8 heteroatoms. The van der Waals surface area contributed by atoms with Crippen molar-refractivity contribution < 1.29 is 13.2 Å². The van der Waals surface area contributed by atoms with Crippen LogP contribution in [-0.4, -0.2) is 49.7 Å². The molecule has 5 nitrogen and oxygen atoms in total. The number of carbonyl (C=O) groups is 1. The lowest BCUT2D eigenvalue weighted by Gasteiger charge is -2.34. The van der Waals surface area contributed by atoms with Crippen molar-refractivity contribution in [2.45, 2.75) is 18.7 Å². The molecule has 1 aliphatic rings. The summed E-state index contributed by atoms with van der Waals surface area (Å²) in [4.78, 5) is 14.4. The van der Waals surface area contributed by atoms with Crippen LogP contribution in [0.2, 0.25) is 10.0 Å². The molecule has 0 N–H and O–H groups in total. The van der Waals surface area contributed by atoms with Gasteiger partial charge in [-0.25, -0.2) is 8.42 Å². The van der Waals surface area contributed by atoms with E-state index in [1.165, 1.54) is 16.4 Å². The Morgan fingerprint density at radius 2 is 1.48 bits per heavy atom. The van der Waals surface area contributed by atoms with Crippen LogP contribution in [-0.2, 0) is 10.0 Å². The minimum Gasteiger partial charge on any atom is -0.336 e. The van der Waals surface area contributed by atoms with E-state index in [4.69, 9.17) is 23.2 Å². The molecule has 0 unspecified atom stereocenters. The molecule has 27 heavy (non-hydrogen) atoms. The van der Waals surface area contributed by atoms with Gasteiger partial charge in [0.05, 0.1) is 10.0 Å². The highest BCUT2D eigenvalue weighted by molar-refractivity contribution is 7.89. The maximum absolute atomic E-state index is 12.9. The van der Waals surface area contributed by atoms with Gasteiger partial charge in [-0.05, 0) is 43.2 Å². The van der Waals surface area contributed by atoms with Crippen LogP contribution >= 0.6 is 23.2 Å². The van der Waals surface area contributed by atoms with Crippen molar-refractivity contribution in [3.63, 3.8) is 0 Å². The van der Waals surface area contributed by atoms with Gasteiger partial charge in [-0.1, -0.05) is 41.4 Å². The van der Waals surface area contributed by atoms with E-state index in [0.29, 0.717) is 18.7 Å². The van der Waals surface area contributed by atoms with E-state index in [9.17, 15) is 13.2 Å². The monoisotopic (exact) mass is 426 g/mol. The predicted octanol–water partition coefficient (Wildman–Crippen LogP) is 3.76. The van der Waals surface area contributed by atoms with Crippen molar-refractivity contribution in [1.82, 2.24) is 9.21 Å². The first-order chi connectivity index (χ1) is 12.7. The number of aryl methyl sites for hydroxylation is 1. The summed E-state index contributed by atoms with van der Waals surface area (Å²) in [6.07, 6.45) is 0. The molecular weight excluding hydrogens is 407 g/mol. The van der Waals surface area contributed by atoms with Gasteiger partial charge < -0.3 is 4.90 Å². The smallest absolute Gasteiger partial charge is 0.254 e. The number of carbonyl (C=O) groups excluding carboxylic acids is 1. The van der Waals surface area contributed by atoms with Gasteiger partial charge in [0.25, 0.3) is 5.91 Å². The highest BCUT2D eigenvalue weighted by Gasteiger charge is 2.33. The second kappa shape index (κ2) is 7.80. The third-order valence-corrected chi connectivity index (χ3v) is 7.73. The van der Waals surface area contributed by atoms with Crippen LogP contribution in [0, 0.1) is 13.8 Å². The van der Waals surface area contributed by atoms with Gasteiger partial charge in [0.2, 0.25) is 10.0 Å². The summed E-state index contributed by atoms with van der Waals surface area (Å²) < 4.78 is 27.2. The van der Waals surface area contributed by atoms with Crippen LogP contribution in [0.4, 0.5) is 0 Å². The summed E-state index contributed by atoms with van der Waals surface area (Å²) in [5.41, 5.74) is 2.65. The summed E-state index contributed by atoms with van der Waals surface area (Å²) in [5.74, 6) is -0.0796. The Bertz CT molecular complexity index is 964. The molecule has 1 aliphatic heterocycles. The minimum absolute atomic E-state index is 0.0796. The topological polar surface area (TPSA) is 57.7 Å². The van der Waals surface area contributed by atoms with Crippen LogP contribution in [0.15, 0.2) is 41.3 Å². The zero-order valence-corrected chi connectivity index (χ0v) is 17.4. The number of sulfonamides is 1. The fourth-order valence-electron chi connectivity index (χ4n) is 3.14. The first-order valence-electron chi connectivity index (χ1n) is 8.53. The lowest BCUT2D eigenvalue weighted by Crippen LogP contribution is -2.50. The average molecular weight is 427 g/mol. The second-order valence-electron chi connectivity index (χ2n) is 6.49. The van der Waals surface area contributed by atoms with E-state index in [1.807, 2.05) is 26.0 Å². The molecule has 0 atom stereocenters. The molecule has 2 aromatic rings. The Kier molecular flexibility index (Phi) is 5.82. The maximum Gasteiger partial charge on any atom is 0.254 e. The van der Waals surface area contributed by atoms with Gasteiger partial charge >= 0.3 is 0 Å². The summed E-state index contributed by atoms with van der Waals surface area (Å²) >= 11 is 12.1. The third kappa shape index (κ3) is 3.85. The summed E-state index contributed by atoms with van der Waals surface area (Å²) in [6.45, 7) is 4.90. The van der Waals surface area contributed by atoms with Crippen LogP contribution in [0.25, 0.3) is 0 Å². The molecule has 0 aromatic heterocycles. The van der Waals surface area contributed by atoms with Gasteiger partial charge in [0, 0.05) is 31.7 Å². The van der Waals surface area contributed by atoms with E-state index < -0.39 is 10.0 Å². The summed E-state index contributed by atoms with van der Waals surface area (Å²) in [6, 6.07) is 10.2. The van der Waals surface area contributed by atoms with Crippen LogP contribution in [0.5, 0.6) is 0 Å². The van der Waals surface area contributed by atoms with E-state index in [1.54, 1.807) is 17.0 Å². The summed E-state index contributed by atoms with van der Waals surface area (Å²) in [7, 11) is -3.82. The number of halogens is 2. The first kappa shape index (κ1) is 20.1. The van der Waals surface area contributed by atoms with Crippen molar-refractivity contribution in [3.05, 3.63) is 63.1 Å². The number of amides is 1. The van der Waals surface area contributed by atoms with Crippen molar-refractivity contribution in [3.8, 4) is 0 Å². The van der Waals surface area contributed by atoms with E-state index >= 15 is 0 Å². The first-order valence-corrected chi connectivity index (χ1v) is 10.7. The minimum atomic E-state index is -3.82. The molecule has 2 aromatic carbocycles. The molecule has 0 bridgehead atoms. The lowest BCUT2D eigenvalue weighted by molar-refractivity contribution is 0.0697. The highest BCUT2D eigenvalue weighted by Crippen LogP contribution is 2.32.